The zero-order chi connectivity index (χ0) is 18.5. The summed E-state index contributed by atoms with van der Waals surface area (Å²) < 4.78 is 5.99. The topological polar surface area (TPSA) is 9.23 Å². The van der Waals surface area contributed by atoms with E-state index in [-0.39, 0.29) is 12.0 Å². The van der Waals surface area contributed by atoms with Gasteiger partial charge in [-0.25, -0.2) is 0 Å². The number of allylic oxidation sites excluding steroid dienone is 2. The van der Waals surface area contributed by atoms with Gasteiger partial charge in [-0.15, -0.1) is 0 Å². The predicted octanol–water partition coefficient (Wildman–Crippen LogP) is 5.58. The molecule has 27 heavy (non-hydrogen) atoms. The molecular formula is C25H23OP. The van der Waals surface area contributed by atoms with Gasteiger partial charge in [0.15, 0.2) is 0 Å². The average Bonchev–Trinajstić information content (AvgIpc) is 3.20. The number of benzene rings is 3. The zero-order valence-corrected chi connectivity index (χ0v) is 16.3. The summed E-state index contributed by atoms with van der Waals surface area (Å²) in [4.78, 5) is 0. The second kappa shape index (κ2) is 8.48. The highest BCUT2D eigenvalue weighted by Crippen LogP contribution is 2.52. The van der Waals surface area contributed by atoms with Crippen LogP contribution < -0.4 is 10.6 Å². The van der Waals surface area contributed by atoms with Crippen molar-refractivity contribution in [3.8, 4) is 0 Å². The zero-order valence-electron chi connectivity index (χ0n) is 15.4. The van der Waals surface area contributed by atoms with Crippen LogP contribution in [0.25, 0.3) is 0 Å². The second-order valence-electron chi connectivity index (χ2n) is 6.58. The summed E-state index contributed by atoms with van der Waals surface area (Å²) in [6.07, 6.45) is 6.80. The third-order valence-corrected chi connectivity index (χ3v) is 7.51. The highest BCUT2D eigenvalue weighted by molar-refractivity contribution is 7.76. The molecule has 0 amide bonds. The van der Waals surface area contributed by atoms with Crippen LogP contribution in [0.5, 0.6) is 0 Å². The van der Waals surface area contributed by atoms with Crippen LogP contribution in [0.2, 0.25) is 0 Å². The van der Waals surface area contributed by atoms with Crippen molar-refractivity contribution in [3.05, 3.63) is 120 Å². The molecule has 0 bridgehead atoms. The first kappa shape index (κ1) is 17.9. The molecule has 0 heterocycles. The van der Waals surface area contributed by atoms with Crippen LogP contribution in [0.1, 0.15) is 11.7 Å². The van der Waals surface area contributed by atoms with Crippen molar-refractivity contribution in [3.63, 3.8) is 0 Å². The molecule has 2 heteroatoms. The molecule has 1 unspecified atom stereocenters. The third-order valence-electron chi connectivity index (χ3n) is 4.92. The van der Waals surface area contributed by atoms with Crippen molar-refractivity contribution in [2.75, 3.05) is 7.11 Å². The molecule has 1 nitrogen and oxygen atoms in total. The first-order chi connectivity index (χ1) is 13.4. The summed E-state index contributed by atoms with van der Waals surface area (Å²) in [6.45, 7) is 0. The monoisotopic (exact) mass is 370 g/mol. The lowest BCUT2D eigenvalue weighted by Crippen LogP contribution is -2.20. The molecule has 4 rings (SSSR count). The third kappa shape index (κ3) is 3.81. The molecule has 1 aliphatic rings. The lowest BCUT2D eigenvalue weighted by atomic mass is 9.97. The fourth-order valence-electron chi connectivity index (χ4n) is 3.70. The second-order valence-corrected chi connectivity index (χ2v) is 8.80. The molecule has 2 atom stereocenters. The summed E-state index contributed by atoms with van der Waals surface area (Å²) in [6, 6.07) is 32.2. The van der Waals surface area contributed by atoms with Crippen LogP contribution in [-0.2, 0) is 4.74 Å². The quantitative estimate of drug-likeness (QED) is 0.515. The Kier molecular flexibility index (Phi) is 5.63. The highest BCUT2D eigenvalue weighted by Gasteiger charge is 2.32. The Morgan fingerprint density at radius 1 is 0.741 bits per heavy atom. The Morgan fingerprint density at radius 2 is 1.26 bits per heavy atom. The van der Waals surface area contributed by atoms with E-state index in [0.717, 1.165) is 0 Å². The van der Waals surface area contributed by atoms with E-state index in [2.05, 4.69) is 109 Å². The first-order valence-electron chi connectivity index (χ1n) is 9.25. The van der Waals surface area contributed by atoms with Gasteiger partial charge < -0.3 is 4.74 Å². The molecule has 0 aliphatic heterocycles. The molecule has 1 aliphatic carbocycles. The Morgan fingerprint density at radius 3 is 1.78 bits per heavy atom. The minimum atomic E-state index is -0.601. The van der Waals surface area contributed by atoms with Gasteiger partial charge in [-0.2, -0.15) is 0 Å². The molecule has 0 N–H and O–H groups in total. The van der Waals surface area contributed by atoms with E-state index in [1.807, 2.05) is 7.11 Å². The Balaban J connectivity index is 1.76. The van der Waals surface area contributed by atoms with E-state index in [9.17, 15) is 0 Å². The Hall–Kier alpha value is -2.47. The number of hydrogen-bond acceptors (Lipinski definition) is 1. The van der Waals surface area contributed by atoms with Gasteiger partial charge in [0, 0.05) is 13.0 Å². The lowest BCUT2D eigenvalue weighted by Gasteiger charge is -2.30. The fraction of sp³-hybridized carbons (Fsp3) is 0.120. The SMILES string of the molecule is CO[C@@H](c1ccccc1)C1C=CC=C1P(c1ccccc1)c1ccccc1. The van der Waals surface area contributed by atoms with Crippen molar-refractivity contribution in [1.29, 1.82) is 0 Å². The van der Waals surface area contributed by atoms with E-state index < -0.39 is 7.92 Å². The van der Waals surface area contributed by atoms with Gasteiger partial charge in [0.2, 0.25) is 0 Å². The van der Waals surface area contributed by atoms with Crippen LogP contribution in [0.15, 0.2) is 115 Å². The Labute approximate surface area is 162 Å². The van der Waals surface area contributed by atoms with Gasteiger partial charge >= 0.3 is 0 Å². The van der Waals surface area contributed by atoms with Gasteiger partial charge in [0.1, 0.15) is 0 Å². The molecule has 0 spiro atoms. The van der Waals surface area contributed by atoms with Gasteiger partial charge in [-0.3, -0.25) is 0 Å². The molecule has 0 aromatic heterocycles. The van der Waals surface area contributed by atoms with Crippen molar-refractivity contribution < 1.29 is 4.74 Å². The number of methoxy groups -OCH3 is 1. The van der Waals surface area contributed by atoms with Gasteiger partial charge in [0.05, 0.1) is 6.10 Å². The molecule has 134 valence electrons. The van der Waals surface area contributed by atoms with Crippen LogP contribution in [-0.4, -0.2) is 7.11 Å². The maximum Gasteiger partial charge on any atom is 0.0924 e. The average molecular weight is 370 g/mol. The van der Waals surface area contributed by atoms with Crippen LogP contribution >= 0.6 is 7.92 Å². The van der Waals surface area contributed by atoms with Gasteiger partial charge in [0.25, 0.3) is 0 Å². The molecule has 3 aromatic rings. The smallest absolute Gasteiger partial charge is 0.0924 e. The van der Waals surface area contributed by atoms with Crippen molar-refractivity contribution >= 4 is 18.5 Å². The summed E-state index contributed by atoms with van der Waals surface area (Å²) in [5.74, 6) is 0.240. The van der Waals surface area contributed by atoms with Crippen LogP contribution in [0.3, 0.4) is 0 Å². The summed E-state index contributed by atoms with van der Waals surface area (Å²) in [5.41, 5.74) is 1.22. The van der Waals surface area contributed by atoms with E-state index >= 15 is 0 Å². The summed E-state index contributed by atoms with van der Waals surface area (Å²) >= 11 is 0. The molecule has 0 saturated carbocycles. The number of ether oxygens (including phenoxy) is 1. The molecule has 0 radical (unpaired) electrons. The minimum absolute atomic E-state index is 0.0219. The van der Waals surface area contributed by atoms with E-state index in [1.54, 1.807) is 0 Å². The van der Waals surface area contributed by atoms with E-state index in [4.69, 9.17) is 4.74 Å². The van der Waals surface area contributed by atoms with Crippen molar-refractivity contribution in [2.24, 2.45) is 5.92 Å². The van der Waals surface area contributed by atoms with E-state index in [1.165, 1.54) is 21.5 Å². The molecule has 0 saturated heterocycles. The molecular weight excluding hydrogens is 347 g/mol. The summed E-state index contributed by atoms with van der Waals surface area (Å²) in [5, 5.41) is 4.20. The maximum absolute atomic E-state index is 5.99. The standard InChI is InChI=1S/C25H23OP/c1-26-25(20-12-5-2-6-13-20)23-18-11-19-24(23)27(21-14-7-3-8-15-21)22-16-9-4-10-17-22/h2-19,23,25H,1H3/t23?,25-/m0/s1. The van der Waals surface area contributed by atoms with Gasteiger partial charge in [-0.1, -0.05) is 109 Å². The number of hydrogen-bond donors (Lipinski definition) is 0. The van der Waals surface area contributed by atoms with Crippen molar-refractivity contribution in [1.82, 2.24) is 0 Å². The molecule has 0 fully saturated rings. The normalized spacial score (nSPS) is 17.1. The predicted molar refractivity (Wildman–Crippen MR) is 116 cm³/mol. The lowest BCUT2D eigenvalue weighted by molar-refractivity contribution is 0.0822. The van der Waals surface area contributed by atoms with Crippen molar-refractivity contribution in [2.45, 2.75) is 6.10 Å². The maximum atomic E-state index is 5.99. The Bertz CT molecular complexity index is 877. The van der Waals surface area contributed by atoms with E-state index in [0.29, 0.717) is 0 Å². The van der Waals surface area contributed by atoms with Gasteiger partial charge in [-0.05, 0) is 29.4 Å². The highest BCUT2D eigenvalue weighted by atomic mass is 31.1. The molecule has 3 aromatic carbocycles. The summed E-state index contributed by atoms with van der Waals surface area (Å²) in [7, 11) is 1.21. The number of rotatable bonds is 6. The first-order valence-corrected chi connectivity index (χ1v) is 10.6. The van der Waals surface area contributed by atoms with Crippen LogP contribution in [0.4, 0.5) is 0 Å². The largest absolute Gasteiger partial charge is 0.376 e. The fourth-order valence-corrected chi connectivity index (χ4v) is 6.29. The van der Waals surface area contributed by atoms with Crippen LogP contribution in [0, 0.1) is 5.92 Å². The minimum Gasteiger partial charge on any atom is -0.376 e.